The molecule has 1 aromatic rings. The highest BCUT2D eigenvalue weighted by Gasteiger charge is 2.33. The standard InChI is InChI=1S/C17H24N2O4/c20-13-9-18-15-7-6-14(23-16(15)11-22-10-13)8-17(21)19-12-4-2-1-3-5-12/h1-5,13-16,18,20H,6-11H2,(H,19,21)/t13-,14-,15-,16+/m1/s1. The smallest absolute Gasteiger partial charge is 0.226 e. The highest BCUT2D eigenvalue weighted by Crippen LogP contribution is 2.23. The molecule has 23 heavy (non-hydrogen) atoms. The number of hydrogen-bond donors (Lipinski definition) is 3. The fraction of sp³-hybridized carbons (Fsp3) is 0.588. The summed E-state index contributed by atoms with van der Waals surface area (Å²) in [5.74, 6) is -0.0326. The summed E-state index contributed by atoms with van der Waals surface area (Å²) >= 11 is 0. The van der Waals surface area contributed by atoms with Gasteiger partial charge in [-0.25, -0.2) is 0 Å². The molecular formula is C17H24N2O4. The zero-order valence-corrected chi connectivity index (χ0v) is 13.1. The number of para-hydroxylation sites is 1. The van der Waals surface area contributed by atoms with Gasteiger partial charge in [0, 0.05) is 18.3 Å². The van der Waals surface area contributed by atoms with E-state index < -0.39 is 6.10 Å². The average Bonchev–Trinajstić information content (AvgIpc) is 2.53. The fourth-order valence-corrected chi connectivity index (χ4v) is 3.11. The number of rotatable bonds is 3. The van der Waals surface area contributed by atoms with Crippen LogP contribution in [-0.4, -0.2) is 55.1 Å². The number of anilines is 1. The molecule has 1 aromatic carbocycles. The summed E-state index contributed by atoms with van der Waals surface area (Å²) in [4.78, 5) is 12.1. The molecule has 3 rings (SSSR count). The van der Waals surface area contributed by atoms with Crippen molar-refractivity contribution in [2.24, 2.45) is 0 Å². The Morgan fingerprint density at radius 2 is 2.09 bits per heavy atom. The lowest BCUT2D eigenvalue weighted by Crippen LogP contribution is -2.53. The van der Waals surface area contributed by atoms with Crippen LogP contribution in [0.15, 0.2) is 30.3 Å². The molecule has 0 saturated carbocycles. The molecule has 2 fully saturated rings. The first-order valence-corrected chi connectivity index (χ1v) is 8.20. The second-order valence-corrected chi connectivity index (χ2v) is 6.20. The van der Waals surface area contributed by atoms with Crippen LogP contribution in [0.5, 0.6) is 0 Å². The van der Waals surface area contributed by atoms with Crippen molar-refractivity contribution in [3.8, 4) is 0 Å². The molecule has 4 atom stereocenters. The zero-order chi connectivity index (χ0) is 16.1. The van der Waals surface area contributed by atoms with Gasteiger partial charge in [0.05, 0.1) is 37.9 Å². The van der Waals surface area contributed by atoms with E-state index in [2.05, 4.69) is 10.6 Å². The van der Waals surface area contributed by atoms with Gasteiger partial charge in [0.1, 0.15) is 0 Å². The number of carbonyl (C=O) groups is 1. The van der Waals surface area contributed by atoms with Gasteiger partial charge in [-0.2, -0.15) is 0 Å². The Morgan fingerprint density at radius 1 is 1.26 bits per heavy atom. The molecule has 3 N–H and O–H groups in total. The SMILES string of the molecule is O=C(C[C@H]1CC[C@H]2NC[C@@H](O)COC[C@@H]2O1)Nc1ccccc1. The zero-order valence-electron chi connectivity index (χ0n) is 13.1. The van der Waals surface area contributed by atoms with E-state index in [4.69, 9.17) is 9.47 Å². The van der Waals surface area contributed by atoms with Crippen LogP contribution >= 0.6 is 0 Å². The number of benzene rings is 1. The van der Waals surface area contributed by atoms with E-state index in [9.17, 15) is 9.90 Å². The Kier molecular flexibility index (Phi) is 5.61. The normalized spacial score (nSPS) is 31.5. The number of fused-ring (bicyclic) bond motifs is 1. The van der Waals surface area contributed by atoms with Gasteiger partial charge < -0.3 is 25.2 Å². The molecule has 1 amide bonds. The van der Waals surface area contributed by atoms with Crippen LogP contribution in [0.3, 0.4) is 0 Å². The number of ether oxygens (including phenoxy) is 2. The monoisotopic (exact) mass is 320 g/mol. The predicted octanol–water partition coefficient (Wildman–Crippen LogP) is 0.912. The lowest BCUT2D eigenvalue weighted by atomic mass is 9.96. The van der Waals surface area contributed by atoms with Crippen molar-refractivity contribution in [1.29, 1.82) is 0 Å². The number of hydrogen-bond acceptors (Lipinski definition) is 5. The number of carbonyl (C=O) groups excluding carboxylic acids is 1. The number of aliphatic hydroxyl groups excluding tert-OH is 1. The summed E-state index contributed by atoms with van der Waals surface area (Å²) in [6.45, 7) is 1.29. The van der Waals surface area contributed by atoms with Gasteiger partial charge >= 0.3 is 0 Å². The van der Waals surface area contributed by atoms with Gasteiger partial charge in [0.15, 0.2) is 0 Å². The van der Waals surface area contributed by atoms with Crippen molar-refractivity contribution >= 4 is 11.6 Å². The van der Waals surface area contributed by atoms with Crippen LogP contribution in [-0.2, 0) is 14.3 Å². The molecule has 0 unspecified atom stereocenters. The van der Waals surface area contributed by atoms with Crippen molar-refractivity contribution in [1.82, 2.24) is 5.32 Å². The van der Waals surface area contributed by atoms with Crippen molar-refractivity contribution in [2.45, 2.75) is 43.6 Å². The van der Waals surface area contributed by atoms with E-state index in [0.717, 1.165) is 18.5 Å². The van der Waals surface area contributed by atoms with Crippen molar-refractivity contribution in [3.05, 3.63) is 30.3 Å². The Hall–Kier alpha value is -1.47. The second kappa shape index (κ2) is 7.88. The minimum Gasteiger partial charge on any atom is -0.389 e. The Bertz CT molecular complexity index is 511. The maximum Gasteiger partial charge on any atom is 0.226 e. The Balaban J connectivity index is 1.49. The quantitative estimate of drug-likeness (QED) is 0.771. The first-order chi connectivity index (χ1) is 11.2. The maximum atomic E-state index is 12.1. The average molecular weight is 320 g/mol. The van der Waals surface area contributed by atoms with Crippen LogP contribution < -0.4 is 10.6 Å². The lowest BCUT2D eigenvalue weighted by Gasteiger charge is -2.38. The molecule has 2 saturated heterocycles. The Morgan fingerprint density at radius 3 is 2.91 bits per heavy atom. The van der Waals surface area contributed by atoms with Crippen LogP contribution in [0.1, 0.15) is 19.3 Å². The fourth-order valence-electron chi connectivity index (χ4n) is 3.11. The van der Waals surface area contributed by atoms with Gasteiger partial charge in [-0.3, -0.25) is 4.79 Å². The molecule has 0 aromatic heterocycles. The molecule has 0 bridgehead atoms. The van der Waals surface area contributed by atoms with Crippen LogP contribution in [0.2, 0.25) is 0 Å². The summed E-state index contributed by atoms with van der Waals surface area (Å²) in [5, 5.41) is 15.9. The molecule has 6 heteroatoms. The Labute approximate surface area is 136 Å². The largest absolute Gasteiger partial charge is 0.389 e. The summed E-state index contributed by atoms with van der Waals surface area (Å²) in [6.07, 6.45) is 1.47. The topological polar surface area (TPSA) is 79.8 Å². The van der Waals surface area contributed by atoms with Crippen LogP contribution in [0.25, 0.3) is 0 Å². The highest BCUT2D eigenvalue weighted by atomic mass is 16.5. The molecule has 2 heterocycles. The van der Waals surface area contributed by atoms with E-state index in [1.54, 1.807) is 0 Å². The molecule has 0 radical (unpaired) electrons. The van der Waals surface area contributed by atoms with Crippen LogP contribution in [0, 0.1) is 0 Å². The third kappa shape index (κ3) is 4.75. The maximum absolute atomic E-state index is 12.1. The first kappa shape index (κ1) is 16.4. The summed E-state index contributed by atoms with van der Waals surface area (Å²) in [6, 6.07) is 9.62. The van der Waals surface area contributed by atoms with Crippen molar-refractivity contribution < 1.29 is 19.4 Å². The van der Waals surface area contributed by atoms with E-state index in [-0.39, 0.29) is 24.2 Å². The van der Waals surface area contributed by atoms with E-state index in [1.165, 1.54) is 0 Å². The number of amides is 1. The molecular weight excluding hydrogens is 296 g/mol. The van der Waals surface area contributed by atoms with E-state index >= 15 is 0 Å². The summed E-state index contributed by atoms with van der Waals surface area (Å²) in [5.41, 5.74) is 0.802. The second-order valence-electron chi connectivity index (χ2n) is 6.20. The van der Waals surface area contributed by atoms with Gasteiger partial charge in [-0.1, -0.05) is 18.2 Å². The third-order valence-corrected chi connectivity index (χ3v) is 4.29. The van der Waals surface area contributed by atoms with Crippen molar-refractivity contribution in [2.75, 3.05) is 25.1 Å². The van der Waals surface area contributed by atoms with Gasteiger partial charge in [0.25, 0.3) is 0 Å². The summed E-state index contributed by atoms with van der Waals surface area (Å²) < 4.78 is 11.5. The van der Waals surface area contributed by atoms with E-state index in [0.29, 0.717) is 26.2 Å². The van der Waals surface area contributed by atoms with Gasteiger partial charge in [0.2, 0.25) is 5.91 Å². The first-order valence-electron chi connectivity index (χ1n) is 8.20. The molecule has 6 nitrogen and oxygen atoms in total. The number of β-amino-alcohol motifs (C(OH)–C–C–N with tert-alkyl or cyclic N) is 1. The predicted molar refractivity (Wildman–Crippen MR) is 86.2 cm³/mol. The van der Waals surface area contributed by atoms with Crippen LogP contribution in [0.4, 0.5) is 5.69 Å². The molecule has 0 aliphatic carbocycles. The molecule has 2 aliphatic heterocycles. The third-order valence-electron chi connectivity index (χ3n) is 4.29. The number of nitrogens with one attached hydrogen (secondary N) is 2. The minimum atomic E-state index is -0.467. The van der Waals surface area contributed by atoms with Crippen molar-refractivity contribution in [3.63, 3.8) is 0 Å². The van der Waals surface area contributed by atoms with Gasteiger partial charge in [-0.15, -0.1) is 0 Å². The number of aliphatic hydroxyl groups is 1. The minimum absolute atomic E-state index is 0.0326. The lowest BCUT2D eigenvalue weighted by molar-refractivity contribution is -0.134. The summed E-state index contributed by atoms with van der Waals surface area (Å²) in [7, 11) is 0. The van der Waals surface area contributed by atoms with E-state index in [1.807, 2.05) is 30.3 Å². The van der Waals surface area contributed by atoms with Gasteiger partial charge in [-0.05, 0) is 25.0 Å². The molecule has 126 valence electrons. The molecule has 0 spiro atoms. The molecule has 2 aliphatic rings. The highest BCUT2D eigenvalue weighted by molar-refractivity contribution is 5.90.